The second kappa shape index (κ2) is 4.28. The van der Waals surface area contributed by atoms with E-state index >= 15 is 0 Å². The number of rotatable bonds is 3. The second-order valence-electron chi connectivity index (χ2n) is 2.90. The number of primary amides is 1. The number of nitrogens with one attached hydrogen (secondary N) is 1. The molecule has 0 spiro atoms. The molecule has 0 aliphatic carbocycles. The minimum Gasteiger partial charge on any atom is -0.368 e. The summed E-state index contributed by atoms with van der Waals surface area (Å²) in [5.74, 6) is -0.746. The zero-order valence-corrected chi connectivity index (χ0v) is 8.32. The van der Waals surface area contributed by atoms with Gasteiger partial charge in [-0.15, -0.1) is 0 Å². The van der Waals surface area contributed by atoms with Gasteiger partial charge in [-0.1, -0.05) is 11.6 Å². The molecule has 0 bridgehead atoms. The normalized spacial score (nSPS) is 12.4. The molecule has 82 valence electrons. The minimum atomic E-state index is -1.01. The average Bonchev–Trinajstić information content (AvgIpc) is 2.13. The SMILES string of the molecule is NC(=O)C(N)Cn1cc(Cl)c(=O)[nH]c1=O. The van der Waals surface area contributed by atoms with Gasteiger partial charge >= 0.3 is 5.69 Å². The van der Waals surface area contributed by atoms with Gasteiger partial charge in [0.2, 0.25) is 5.91 Å². The quantitative estimate of drug-likeness (QED) is 0.558. The zero-order valence-electron chi connectivity index (χ0n) is 7.57. The fourth-order valence-corrected chi connectivity index (χ4v) is 1.09. The van der Waals surface area contributed by atoms with Gasteiger partial charge in [0.05, 0.1) is 6.54 Å². The third kappa shape index (κ3) is 2.67. The van der Waals surface area contributed by atoms with Gasteiger partial charge in [-0.05, 0) is 0 Å². The van der Waals surface area contributed by atoms with Crippen molar-refractivity contribution >= 4 is 17.5 Å². The van der Waals surface area contributed by atoms with Crippen LogP contribution in [0.15, 0.2) is 15.8 Å². The summed E-state index contributed by atoms with van der Waals surface area (Å²) in [5, 5.41) is -0.161. The first-order valence-corrected chi connectivity index (χ1v) is 4.33. The first-order chi connectivity index (χ1) is 6.91. The maximum absolute atomic E-state index is 11.2. The smallest absolute Gasteiger partial charge is 0.328 e. The van der Waals surface area contributed by atoms with Gasteiger partial charge in [0.15, 0.2) is 0 Å². The van der Waals surface area contributed by atoms with E-state index in [0.717, 1.165) is 10.8 Å². The number of halogens is 1. The summed E-state index contributed by atoms with van der Waals surface area (Å²) in [7, 11) is 0. The minimum absolute atomic E-state index is 0.134. The van der Waals surface area contributed by atoms with Crippen LogP contribution in [0.5, 0.6) is 0 Å². The topological polar surface area (TPSA) is 124 Å². The molecule has 1 rings (SSSR count). The number of aromatic nitrogens is 2. The summed E-state index contributed by atoms with van der Waals surface area (Å²) >= 11 is 5.49. The Morgan fingerprint density at radius 2 is 2.20 bits per heavy atom. The molecule has 1 unspecified atom stereocenters. The monoisotopic (exact) mass is 232 g/mol. The Balaban J connectivity index is 3.06. The highest BCUT2D eigenvalue weighted by atomic mass is 35.5. The molecule has 1 heterocycles. The number of nitrogens with two attached hydrogens (primary N) is 2. The van der Waals surface area contributed by atoms with Crippen molar-refractivity contribution in [2.75, 3.05) is 0 Å². The van der Waals surface area contributed by atoms with Crippen LogP contribution in [0.1, 0.15) is 0 Å². The summed E-state index contributed by atoms with van der Waals surface area (Å²) < 4.78 is 1.01. The Labute approximate surface area is 88.6 Å². The molecule has 0 aliphatic rings. The summed E-state index contributed by atoms with van der Waals surface area (Å²) in [5.41, 5.74) is 8.87. The number of H-pyrrole nitrogens is 1. The van der Waals surface area contributed by atoms with Crippen molar-refractivity contribution in [2.45, 2.75) is 12.6 Å². The number of hydrogen-bond acceptors (Lipinski definition) is 4. The molecule has 5 N–H and O–H groups in total. The van der Waals surface area contributed by atoms with Gasteiger partial charge in [-0.2, -0.15) is 0 Å². The molecule has 0 saturated heterocycles. The Kier molecular flexibility index (Phi) is 3.28. The van der Waals surface area contributed by atoms with Crippen molar-refractivity contribution in [1.29, 1.82) is 0 Å². The molecule has 15 heavy (non-hydrogen) atoms. The standard InChI is InChI=1S/C7H9ClN4O3/c8-3-1-12(2-4(9)5(10)13)7(15)11-6(3)14/h1,4H,2,9H2,(H2,10,13)(H,11,14,15). The van der Waals surface area contributed by atoms with E-state index in [9.17, 15) is 14.4 Å². The number of nitrogens with zero attached hydrogens (tertiary/aromatic N) is 1. The van der Waals surface area contributed by atoms with E-state index in [0.29, 0.717) is 0 Å². The van der Waals surface area contributed by atoms with Crippen LogP contribution in [0.2, 0.25) is 5.02 Å². The number of hydrogen-bond donors (Lipinski definition) is 3. The van der Waals surface area contributed by atoms with Crippen molar-refractivity contribution in [1.82, 2.24) is 9.55 Å². The summed E-state index contributed by atoms with van der Waals surface area (Å²) in [4.78, 5) is 34.7. The maximum atomic E-state index is 11.2. The number of carbonyl (C=O) groups is 1. The van der Waals surface area contributed by atoms with E-state index in [1.54, 1.807) is 0 Å². The van der Waals surface area contributed by atoms with Crippen molar-refractivity contribution in [3.63, 3.8) is 0 Å². The number of amides is 1. The van der Waals surface area contributed by atoms with Crippen LogP contribution in [0, 0.1) is 0 Å². The molecule has 0 radical (unpaired) electrons. The van der Waals surface area contributed by atoms with Crippen molar-refractivity contribution in [3.8, 4) is 0 Å². The lowest BCUT2D eigenvalue weighted by molar-refractivity contribution is -0.119. The lowest BCUT2D eigenvalue weighted by Crippen LogP contribution is -2.43. The summed E-state index contributed by atoms with van der Waals surface area (Å²) in [6, 6.07) is -1.01. The zero-order chi connectivity index (χ0) is 11.6. The first-order valence-electron chi connectivity index (χ1n) is 3.96. The van der Waals surface area contributed by atoms with E-state index in [1.807, 2.05) is 4.98 Å². The van der Waals surface area contributed by atoms with Crippen LogP contribution in [0.3, 0.4) is 0 Å². The van der Waals surface area contributed by atoms with Crippen LogP contribution in [0.25, 0.3) is 0 Å². The predicted molar refractivity (Wildman–Crippen MR) is 53.5 cm³/mol. The molecule has 1 amide bonds. The van der Waals surface area contributed by atoms with Crippen LogP contribution < -0.4 is 22.7 Å². The molecule has 8 heteroatoms. The Morgan fingerprint density at radius 1 is 1.60 bits per heavy atom. The number of aromatic amines is 1. The molecule has 0 aromatic carbocycles. The highest BCUT2D eigenvalue weighted by Crippen LogP contribution is 1.96. The van der Waals surface area contributed by atoms with Gasteiger partial charge < -0.3 is 11.5 Å². The molecule has 1 atom stereocenters. The van der Waals surface area contributed by atoms with Crippen molar-refractivity contribution in [3.05, 3.63) is 32.1 Å². The van der Waals surface area contributed by atoms with E-state index < -0.39 is 23.2 Å². The Morgan fingerprint density at radius 3 is 2.73 bits per heavy atom. The lowest BCUT2D eigenvalue weighted by Gasteiger charge is -2.09. The van der Waals surface area contributed by atoms with E-state index in [1.165, 1.54) is 0 Å². The highest BCUT2D eigenvalue weighted by molar-refractivity contribution is 6.30. The van der Waals surface area contributed by atoms with Crippen LogP contribution in [-0.4, -0.2) is 21.5 Å². The molecule has 0 aliphatic heterocycles. The Bertz CT molecular complexity index is 492. The maximum Gasteiger partial charge on any atom is 0.328 e. The third-order valence-electron chi connectivity index (χ3n) is 1.73. The van der Waals surface area contributed by atoms with Gasteiger partial charge in [-0.25, -0.2) is 4.79 Å². The number of carbonyl (C=O) groups excluding carboxylic acids is 1. The molecule has 1 aromatic heterocycles. The third-order valence-corrected chi connectivity index (χ3v) is 2.00. The van der Waals surface area contributed by atoms with Gasteiger partial charge in [0.25, 0.3) is 5.56 Å². The first kappa shape index (κ1) is 11.5. The molecule has 7 nitrogen and oxygen atoms in total. The summed E-state index contributed by atoms with van der Waals surface area (Å²) in [6.45, 7) is -0.134. The molecular weight excluding hydrogens is 224 g/mol. The highest BCUT2D eigenvalue weighted by Gasteiger charge is 2.11. The van der Waals surface area contributed by atoms with E-state index in [-0.39, 0.29) is 11.6 Å². The van der Waals surface area contributed by atoms with Crippen LogP contribution in [0.4, 0.5) is 0 Å². The molecule has 0 fully saturated rings. The van der Waals surface area contributed by atoms with Gasteiger partial charge in [-0.3, -0.25) is 19.1 Å². The van der Waals surface area contributed by atoms with Crippen LogP contribution >= 0.6 is 11.6 Å². The van der Waals surface area contributed by atoms with Gasteiger partial charge in [0, 0.05) is 6.20 Å². The van der Waals surface area contributed by atoms with Gasteiger partial charge in [0.1, 0.15) is 11.1 Å². The van der Waals surface area contributed by atoms with Crippen molar-refractivity contribution in [2.24, 2.45) is 11.5 Å². The lowest BCUT2D eigenvalue weighted by atomic mass is 10.3. The molecular formula is C7H9ClN4O3. The summed E-state index contributed by atoms with van der Waals surface area (Å²) in [6.07, 6.45) is 1.10. The predicted octanol–water partition coefficient (Wildman–Crippen LogP) is -2.00. The van der Waals surface area contributed by atoms with E-state index in [4.69, 9.17) is 23.1 Å². The van der Waals surface area contributed by atoms with E-state index in [2.05, 4.69) is 0 Å². The second-order valence-corrected chi connectivity index (χ2v) is 3.30. The fourth-order valence-electron chi connectivity index (χ4n) is 0.920. The molecule has 0 saturated carbocycles. The fraction of sp³-hybridized carbons (Fsp3) is 0.286. The molecule has 1 aromatic rings. The average molecular weight is 233 g/mol. The largest absolute Gasteiger partial charge is 0.368 e. The van der Waals surface area contributed by atoms with Crippen molar-refractivity contribution < 1.29 is 4.79 Å². The van der Waals surface area contributed by atoms with Crippen LogP contribution in [-0.2, 0) is 11.3 Å². The Hall–Kier alpha value is -1.60.